The van der Waals surface area contributed by atoms with Crippen molar-refractivity contribution in [2.75, 3.05) is 5.33 Å². The van der Waals surface area contributed by atoms with Crippen LogP contribution < -0.4 is 0 Å². The van der Waals surface area contributed by atoms with Gasteiger partial charge < -0.3 is 0 Å². The van der Waals surface area contributed by atoms with E-state index in [9.17, 15) is 8.42 Å². The molecule has 0 spiro atoms. The van der Waals surface area contributed by atoms with Crippen molar-refractivity contribution in [1.29, 1.82) is 0 Å². The molecular formula is C15H23BrO2SSi. The van der Waals surface area contributed by atoms with Gasteiger partial charge in [0.1, 0.15) is 0 Å². The van der Waals surface area contributed by atoms with E-state index in [1.807, 2.05) is 12.1 Å². The molecule has 1 atom stereocenters. The number of hydrogen-bond acceptors (Lipinski definition) is 2. The quantitative estimate of drug-likeness (QED) is 0.399. The van der Waals surface area contributed by atoms with Crippen LogP contribution in [0, 0.1) is 0 Å². The van der Waals surface area contributed by atoms with Crippen molar-refractivity contribution in [1.82, 2.24) is 0 Å². The fourth-order valence-electron chi connectivity index (χ4n) is 1.82. The van der Waals surface area contributed by atoms with Gasteiger partial charge in [-0.15, -0.1) is 0 Å². The maximum Gasteiger partial charge on any atom is 0.184 e. The van der Waals surface area contributed by atoms with Crippen LogP contribution in [-0.2, 0) is 9.84 Å². The van der Waals surface area contributed by atoms with Gasteiger partial charge in [-0.05, 0) is 24.6 Å². The average molecular weight is 375 g/mol. The van der Waals surface area contributed by atoms with Crippen molar-refractivity contribution in [3.63, 3.8) is 0 Å². The first-order valence-corrected chi connectivity index (χ1v) is 13.2. The molecule has 20 heavy (non-hydrogen) atoms. The van der Waals surface area contributed by atoms with Crippen LogP contribution in [0.1, 0.15) is 6.42 Å². The third-order valence-electron chi connectivity index (χ3n) is 2.94. The Hall–Kier alpha value is -0.393. The lowest BCUT2D eigenvalue weighted by Gasteiger charge is -2.15. The summed E-state index contributed by atoms with van der Waals surface area (Å²) in [5, 5.41) is 0.238. The molecule has 1 aromatic rings. The van der Waals surface area contributed by atoms with Gasteiger partial charge in [-0.1, -0.05) is 65.9 Å². The van der Waals surface area contributed by atoms with Gasteiger partial charge in [-0.2, -0.15) is 0 Å². The van der Waals surface area contributed by atoms with Crippen molar-refractivity contribution in [3.8, 4) is 0 Å². The number of hydrogen-bond donors (Lipinski definition) is 0. The van der Waals surface area contributed by atoms with E-state index in [0.29, 0.717) is 16.6 Å². The summed E-state index contributed by atoms with van der Waals surface area (Å²) in [5.41, 5.74) is 0. The molecule has 112 valence electrons. The molecule has 1 aromatic carbocycles. The lowest BCUT2D eigenvalue weighted by atomic mass is 10.3. The molecule has 5 heteroatoms. The maximum atomic E-state index is 12.6. The van der Waals surface area contributed by atoms with E-state index < -0.39 is 23.2 Å². The molecule has 0 saturated carbocycles. The second-order valence-corrected chi connectivity index (χ2v) is 14.6. The molecule has 0 aliphatic carbocycles. The lowest BCUT2D eigenvalue weighted by molar-refractivity contribution is 0.587. The number of allylic oxidation sites excluding steroid dienone is 1. The van der Waals surface area contributed by atoms with Crippen LogP contribution in [0.5, 0.6) is 0 Å². The minimum absolute atomic E-state index is 0.406. The third-order valence-corrected chi connectivity index (χ3v) is 6.98. The van der Waals surface area contributed by atoms with Crippen LogP contribution in [0.2, 0.25) is 25.7 Å². The van der Waals surface area contributed by atoms with E-state index >= 15 is 0 Å². The molecule has 0 fully saturated rings. The monoisotopic (exact) mass is 374 g/mol. The highest BCUT2D eigenvalue weighted by molar-refractivity contribution is 9.09. The Bertz CT molecular complexity index is 533. The van der Waals surface area contributed by atoms with E-state index in [2.05, 4.69) is 41.6 Å². The van der Waals surface area contributed by atoms with Crippen molar-refractivity contribution in [3.05, 3.63) is 42.5 Å². The second kappa shape index (κ2) is 7.57. The number of sulfone groups is 1. The molecule has 0 aromatic heterocycles. The third kappa shape index (κ3) is 5.54. The highest BCUT2D eigenvalue weighted by Crippen LogP contribution is 2.21. The Morgan fingerprint density at radius 2 is 1.80 bits per heavy atom. The van der Waals surface area contributed by atoms with E-state index in [1.54, 1.807) is 24.3 Å². The molecule has 1 rings (SSSR count). The van der Waals surface area contributed by atoms with Crippen LogP contribution in [0.4, 0.5) is 0 Å². The first-order valence-electron chi connectivity index (χ1n) is 6.79. The first kappa shape index (κ1) is 17.7. The Morgan fingerprint density at radius 3 is 2.30 bits per heavy atom. The summed E-state index contributed by atoms with van der Waals surface area (Å²) < 4.78 is 25.2. The average Bonchev–Trinajstić information content (AvgIpc) is 2.37. The molecule has 0 amide bonds. The zero-order valence-corrected chi connectivity index (χ0v) is 15.7. The Balaban J connectivity index is 2.96. The van der Waals surface area contributed by atoms with Gasteiger partial charge in [-0.25, -0.2) is 8.42 Å². The molecule has 0 radical (unpaired) electrons. The molecule has 0 heterocycles. The zero-order valence-electron chi connectivity index (χ0n) is 12.3. The summed E-state index contributed by atoms with van der Waals surface area (Å²) in [5.74, 6) is 0. The van der Waals surface area contributed by atoms with Gasteiger partial charge in [0.2, 0.25) is 0 Å². The summed E-state index contributed by atoms with van der Waals surface area (Å²) >= 11 is 3.36. The number of benzene rings is 1. The molecule has 0 aliphatic heterocycles. The molecular weight excluding hydrogens is 352 g/mol. The predicted octanol–water partition coefficient (Wildman–Crippen LogP) is 4.51. The van der Waals surface area contributed by atoms with Crippen LogP contribution in [0.25, 0.3) is 0 Å². The second-order valence-electron chi connectivity index (χ2n) is 6.07. The van der Waals surface area contributed by atoms with Gasteiger partial charge in [-0.3, -0.25) is 0 Å². The van der Waals surface area contributed by atoms with Crippen LogP contribution in [-0.4, -0.2) is 27.1 Å². The first-order chi connectivity index (χ1) is 9.27. The SMILES string of the molecule is C[Si](C)(C)C/C=C/C(CCBr)S(=O)(=O)c1ccccc1. The van der Waals surface area contributed by atoms with Gasteiger partial charge in [0, 0.05) is 13.4 Å². The maximum absolute atomic E-state index is 12.6. The highest BCUT2D eigenvalue weighted by Gasteiger charge is 2.24. The highest BCUT2D eigenvalue weighted by atomic mass is 79.9. The van der Waals surface area contributed by atoms with Gasteiger partial charge in [0.15, 0.2) is 9.84 Å². The summed E-state index contributed by atoms with van der Waals surface area (Å²) in [6.07, 6.45) is 4.53. The van der Waals surface area contributed by atoms with Gasteiger partial charge in [0.25, 0.3) is 0 Å². The summed E-state index contributed by atoms with van der Waals surface area (Å²) in [6.45, 7) is 6.84. The number of halogens is 1. The molecule has 0 aliphatic rings. The summed E-state index contributed by atoms with van der Waals surface area (Å²) in [6, 6.07) is 9.72. The number of rotatable bonds is 7. The van der Waals surface area contributed by atoms with E-state index in [4.69, 9.17) is 0 Å². The molecule has 0 bridgehead atoms. The van der Waals surface area contributed by atoms with Crippen LogP contribution in [0.3, 0.4) is 0 Å². The Labute approximate surface area is 132 Å². The fraction of sp³-hybridized carbons (Fsp3) is 0.467. The van der Waals surface area contributed by atoms with Crippen LogP contribution >= 0.6 is 15.9 Å². The fourth-order valence-corrected chi connectivity index (χ4v) is 5.09. The predicted molar refractivity (Wildman–Crippen MR) is 93.1 cm³/mol. The standard InChI is InChI=1S/C15H23BrO2SSi/c1-20(2,3)13-7-10-15(11-12-16)19(17,18)14-8-5-4-6-9-14/h4-10,15H,11-13H2,1-3H3/b10-7+. The van der Waals surface area contributed by atoms with Gasteiger partial charge in [0.05, 0.1) is 10.1 Å². The van der Waals surface area contributed by atoms with Crippen LogP contribution in [0.15, 0.2) is 47.4 Å². The van der Waals surface area contributed by atoms with Crippen molar-refractivity contribution in [2.24, 2.45) is 0 Å². The van der Waals surface area contributed by atoms with E-state index in [1.165, 1.54) is 0 Å². The smallest absolute Gasteiger partial charge is 0.184 e. The normalized spacial score (nSPS) is 14.6. The Kier molecular flexibility index (Phi) is 6.68. The minimum atomic E-state index is -3.28. The van der Waals surface area contributed by atoms with E-state index in [-0.39, 0.29) is 0 Å². The largest absolute Gasteiger partial charge is 0.223 e. The molecule has 1 unspecified atom stereocenters. The molecule has 2 nitrogen and oxygen atoms in total. The van der Waals surface area contributed by atoms with Crippen molar-refractivity contribution < 1.29 is 8.42 Å². The molecule has 0 N–H and O–H groups in total. The number of alkyl halides is 1. The molecule has 0 saturated heterocycles. The van der Waals surface area contributed by atoms with Crippen molar-refractivity contribution >= 4 is 33.8 Å². The topological polar surface area (TPSA) is 34.1 Å². The summed E-state index contributed by atoms with van der Waals surface area (Å²) in [7, 11) is -4.46. The van der Waals surface area contributed by atoms with Gasteiger partial charge >= 0.3 is 0 Å². The Morgan fingerprint density at radius 1 is 1.20 bits per heavy atom. The minimum Gasteiger partial charge on any atom is -0.223 e. The lowest BCUT2D eigenvalue weighted by Crippen LogP contribution is -2.21. The zero-order chi connectivity index (χ0) is 15.2. The summed E-state index contributed by atoms with van der Waals surface area (Å²) in [4.78, 5) is 0.406. The van der Waals surface area contributed by atoms with Crippen molar-refractivity contribution in [2.45, 2.75) is 42.3 Å². The van der Waals surface area contributed by atoms with E-state index in [0.717, 1.165) is 6.04 Å².